The van der Waals surface area contributed by atoms with Gasteiger partial charge in [-0.2, -0.15) is 4.98 Å². The maximum absolute atomic E-state index is 13.3. The Morgan fingerprint density at radius 2 is 2.13 bits per heavy atom. The Balaban J connectivity index is 1.36. The molecule has 0 aliphatic carbocycles. The number of carboxylic acid groups (broad SMARTS) is 1. The Bertz CT molecular complexity index is 1230. The molecule has 0 amide bonds. The number of likely N-dealkylation sites (tertiary alicyclic amines) is 1. The van der Waals surface area contributed by atoms with Crippen molar-refractivity contribution >= 4 is 38.6 Å². The molecule has 0 saturated carbocycles. The Morgan fingerprint density at radius 3 is 2.93 bits per heavy atom. The predicted molar refractivity (Wildman–Crippen MR) is 110 cm³/mol. The van der Waals surface area contributed by atoms with Gasteiger partial charge in [-0.25, -0.2) is 14.2 Å². The molecular weight excluding hydrogens is 409 g/mol. The fourth-order valence-electron chi connectivity index (χ4n) is 3.61. The lowest BCUT2D eigenvalue weighted by atomic mass is 10.1. The van der Waals surface area contributed by atoms with E-state index in [1.54, 1.807) is 6.07 Å². The maximum Gasteiger partial charge on any atom is 0.337 e. The minimum absolute atomic E-state index is 0.148. The average molecular weight is 427 g/mol. The largest absolute Gasteiger partial charge is 0.478 e. The molecule has 1 aliphatic heterocycles. The molecule has 1 saturated heterocycles. The van der Waals surface area contributed by atoms with Gasteiger partial charge >= 0.3 is 5.97 Å². The van der Waals surface area contributed by atoms with Crippen LogP contribution >= 0.6 is 11.3 Å². The molecule has 0 unspecified atom stereocenters. The van der Waals surface area contributed by atoms with Crippen molar-refractivity contribution in [3.05, 3.63) is 47.9 Å². The van der Waals surface area contributed by atoms with Crippen molar-refractivity contribution in [1.29, 1.82) is 0 Å². The molecule has 0 atom stereocenters. The highest BCUT2D eigenvalue weighted by atomic mass is 32.1. The zero-order valence-corrected chi connectivity index (χ0v) is 16.7. The normalized spacial score (nSPS) is 15.8. The summed E-state index contributed by atoms with van der Waals surface area (Å²) in [5, 5.41) is 10.6. The van der Waals surface area contributed by atoms with Crippen LogP contribution in [0.3, 0.4) is 0 Å². The Hall–Kier alpha value is -3.04. The van der Waals surface area contributed by atoms with Crippen molar-refractivity contribution in [3.8, 4) is 10.9 Å². The SMILES string of the molecule is O=C(O)c1ccnc2nc(Oc3ccc4cc(CN5CCC(F)CC5)oc4c3)sc12. The summed E-state index contributed by atoms with van der Waals surface area (Å²) < 4.78 is 25.6. The van der Waals surface area contributed by atoms with Gasteiger partial charge in [0.05, 0.1) is 16.8 Å². The predicted octanol–water partition coefficient (Wildman–Crippen LogP) is 4.86. The van der Waals surface area contributed by atoms with Crippen LogP contribution in [0.25, 0.3) is 21.3 Å². The first-order valence-electron chi connectivity index (χ1n) is 9.61. The van der Waals surface area contributed by atoms with Gasteiger partial charge < -0.3 is 14.3 Å². The lowest BCUT2D eigenvalue weighted by Crippen LogP contribution is -2.33. The highest BCUT2D eigenvalue weighted by molar-refractivity contribution is 7.20. The summed E-state index contributed by atoms with van der Waals surface area (Å²) in [5.74, 6) is 0.338. The number of piperidine rings is 1. The van der Waals surface area contributed by atoms with Crippen LogP contribution in [-0.4, -0.2) is 45.2 Å². The topological polar surface area (TPSA) is 88.7 Å². The van der Waals surface area contributed by atoms with E-state index in [9.17, 15) is 14.3 Å². The zero-order chi connectivity index (χ0) is 20.7. The van der Waals surface area contributed by atoms with Crippen LogP contribution in [0.15, 0.2) is 40.9 Å². The van der Waals surface area contributed by atoms with E-state index in [0.717, 1.165) is 35.6 Å². The van der Waals surface area contributed by atoms with Crippen LogP contribution < -0.4 is 4.74 Å². The second-order valence-corrected chi connectivity index (χ2v) is 8.22. The number of halogens is 1. The molecule has 0 spiro atoms. The first kappa shape index (κ1) is 19.0. The molecule has 1 aromatic carbocycles. The number of aromatic carboxylic acids is 1. The number of alkyl halides is 1. The number of ether oxygens (including phenoxy) is 1. The van der Waals surface area contributed by atoms with Crippen molar-refractivity contribution in [2.45, 2.75) is 25.6 Å². The van der Waals surface area contributed by atoms with Crippen molar-refractivity contribution in [2.24, 2.45) is 0 Å². The summed E-state index contributed by atoms with van der Waals surface area (Å²) in [6, 6.07) is 8.93. The number of nitrogens with zero attached hydrogens (tertiary/aromatic N) is 3. The van der Waals surface area contributed by atoms with Crippen LogP contribution in [0.4, 0.5) is 4.39 Å². The van der Waals surface area contributed by atoms with E-state index in [1.165, 1.54) is 12.3 Å². The van der Waals surface area contributed by atoms with E-state index < -0.39 is 12.1 Å². The Labute approximate surface area is 174 Å². The summed E-state index contributed by atoms with van der Waals surface area (Å²) >= 11 is 1.14. The summed E-state index contributed by atoms with van der Waals surface area (Å²) in [4.78, 5) is 21.9. The molecule has 7 nitrogen and oxygen atoms in total. The molecule has 4 aromatic rings. The van der Waals surface area contributed by atoms with Crippen LogP contribution in [0.5, 0.6) is 10.9 Å². The van der Waals surface area contributed by atoms with Gasteiger partial charge in [-0.15, -0.1) is 0 Å². The number of benzene rings is 1. The lowest BCUT2D eigenvalue weighted by molar-refractivity contribution is 0.0699. The van der Waals surface area contributed by atoms with Gasteiger partial charge in [-0.1, -0.05) is 11.3 Å². The number of pyridine rings is 1. The molecule has 0 bridgehead atoms. The molecule has 5 rings (SSSR count). The van der Waals surface area contributed by atoms with Crippen molar-refractivity contribution in [3.63, 3.8) is 0 Å². The summed E-state index contributed by atoms with van der Waals surface area (Å²) in [5.41, 5.74) is 1.18. The van der Waals surface area contributed by atoms with Crippen molar-refractivity contribution in [1.82, 2.24) is 14.9 Å². The molecule has 30 heavy (non-hydrogen) atoms. The third kappa shape index (κ3) is 3.73. The van der Waals surface area contributed by atoms with E-state index in [-0.39, 0.29) is 5.56 Å². The number of carbonyl (C=O) groups is 1. The van der Waals surface area contributed by atoms with Crippen molar-refractivity contribution < 1.29 is 23.4 Å². The number of rotatable bonds is 5. The number of aromatic nitrogens is 2. The summed E-state index contributed by atoms with van der Waals surface area (Å²) in [6.07, 6.45) is 1.86. The van der Waals surface area contributed by atoms with E-state index in [0.29, 0.717) is 46.3 Å². The standard InChI is InChI=1S/C21H18FN3O4S/c22-13-4-7-25(8-5-13)11-15-9-12-1-2-14(10-17(12)28-15)29-21-24-19-18(30-21)16(20(26)27)3-6-23-19/h1-3,6,9-10,13H,4-5,7-8,11H2,(H,26,27). The number of carboxylic acids is 1. The van der Waals surface area contributed by atoms with E-state index >= 15 is 0 Å². The van der Waals surface area contributed by atoms with Crippen LogP contribution in [0, 0.1) is 0 Å². The van der Waals surface area contributed by atoms with Gasteiger partial charge in [-0.05, 0) is 37.1 Å². The number of hydrogen-bond acceptors (Lipinski definition) is 7. The summed E-state index contributed by atoms with van der Waals surface area (Å²) in [7, 11) is 0. The smallest absolute Gasteiger partial charge is 0.337 e. The molecule has 1 fully saturated rings. The second-order valence-electron chi connectivity index (χ2n) is 7.26. The minimum atomic E-state index is -1.03. The zero-order valence-electron chi connectivity index (χ0n) is 15.9. The van der Waals surface area contributed by atoms with Gasteiger partial charge in [0.15, 0.2) is 5.65 Å². The number of thiazole rings is 1. The molecule has 154 valence electrons. The van der Waals surface area contributed by atoms with Gasteiger partial charge in [0, 0.05) is 30.7 Å². The van der Waals surface area contributed by atoms with Gasteiger partial charge in [-0.3, -0.25) is 4.90 Å². The fourth-order valence-corrected chi connectivity index (χ4v) is 4.51. The van der Waals surface area contributed by atoms with Gasteiger partial charge in [0.25, 0.3) is 5.19 Å². The minimum Gasteiger partial charge on any atom is -0.478 e. The molecule has 0 radical (unpaired) electrons. The molecule has 9 heteroatoms. The molecule has 1 aliphatic rings. The number of fused-ring (bicyclic) bond motifs is 2. The summed E-state index contributed by atoms with van der Waals surface area (Å²) in [6.45, 7) is 2.12. The Morgan fingerprint density at radius 1 is 1.30 bits per heavy atom. The van der Waals surface area contributed by atoms with Gasteiger partial charge in [0.1, 0.15) is 23.3 Å². The molecular formula is C21H18FN3O4S. The Kier molecular flexibility index (Phi) is 4.84. The van der Waals surface area contributed by atoms with Crippen LogP contribution in [0.1, 0.15) is 29.0 Å². The second kappa shape index (κ2) is 7.66. The van der Waals surface area contributed by atoms with E-state index in [4.69, 9.17) is 9.15 Å². The average Bonchev–Trinajstić information content (AvgIpc) is 3.31. The highest BCUT2D eigenvalue weighted by Crippen LogP contribution is 2.34. The maximum atomic E-state index is 13.3. The van der Waals surface area contributed by atoms with Crippen molar-refractivity contribution in [2.75, 3.05) is 13.1 Å². The molecule has 3 aromatic heterocycles. The molecule has 4 heterocycles. The lowest BCUT2D eigenvalue weighted by Gasteiger charge is -2.27. The highest BCUT2D eigenvalue weighted by Gasteiger charge is 2.20. The number of hydrogen-bond donors (Lipinski definition) is 1. The third-order valence-corrected chi connectivity index (χ3v) is 6.10. The molecule has 1 N–H and O–H groups in total. The van der Waals surface area contributed by atoms with Crippen LogP contribution in [0.2, 0.25) is 0 Å². The first-order valence-corrected chi connectivity index (χ1v) is 10.4. The fraction of sp³-hybridized carbons (Fsp3) is 0.286. The third-order valence-electron chi connectivity index (χ3n) is 5.15. The van der Waals surface area contributed by atoms with E-state index in [2.05, 4.69) is 14.9 Å². The van der Waals surface area contributed by atoms with Gasteiger partial charge in [0.2, 0.25) is 0 Å². The van der Waals surface area contributed by atoms with Crippen LogP contribution in [-0.2, 0) is 6.54 Å². The quantitative estimate of drug-likeness (QED) is 0.486. The monoisotopic (exact) mass is 427 g/mol. The first-order chi connectivity index (χ1) is 14.5. The number of furan rings is 1. The van der Waals surface area contributed by atoms with E-state index in [1.807, 2.05) is 18.2 Å².